The van der Waals surface area contributed by atoms with E-state index in [9.17, 15) is 0 Å². The lowest BCUT2D eigenvalue weighted by molar-refractivity contribution is 0.829. The molecule has 2 nitrogen and oxygen atoms in total. The van der Waals surface area contributed by atoms with Crippen molar-refractivity contribution in [1.29, 1.82) is 0 Å². The molecule has 2 aromatic carbocycles. The molecule has 0 amide bonds. The highest BCUT2D eigenvalue weighted by molar-refractivity contribution is 5.83. The highest BCUT2D eigenvalue weighted by Gasteiger charge is 2.04. The van der Waals surface area contributed by atoms with E-state index in [0.29, 0.717) is 0 Å². The number of hydrogen-bond acceptors (Lipinski definition) is 1. The Morgan fingerprint density at radius 3 is 2.68 bits per heavy atom. The molecule has 2 heteroatoms. The van der Waals surface area contributed by atoms with E-state index >= 15 is 0 Å². The SMILES string of the molecule is Cc1ccc(C)c(Cn2ccc3cc(N)ccc32)c1. The van der Waals surface area contributed by atoms with Crippen molar-refractivity contribution in [2.24, 2.45) is 0 Å². The van der Waals surface area contributed by atoms with Crippen LogP contribution >= 0.6 is 0 Å². The molecule has 2 N–H and O–H groups in total. The molecule has 0 atom stereocenters. The van der Waals surface area contributed by atoms with Gasteiger partial charge in [0, 0.05) is 29.3 Å². The molecule has 0 saturated carbocycles. The number of nitrogens with two attached hydrogens (primary N) is 1. The summed E-state index contributed by atoms with van der Waals surface area (Å²) in [5, 5.41) is 1.20. The van der Waals surface area contributed by atoms with Gasteiger partial charge in [-0.05, 0) is 49.2 Å². The van der Waals surface area contributed by atoms with Crippen molar-refractivity contribution in [3.8, 4) is 0 Å². The fraction of sp³-hybridized carbons (Fsp3) is 0.176. The van der Waals surface area contributed by atoms with Crippen molar-refractivity contribution < 1.29 is 0 Å². The first-order valence-corrected chi connectivity index (χ1v) is 6.54. The van der Waals surface area contributed by atoms with Crippen molar-refractivity contribution in [2.45, 2.75) is 20.4 Å². The second-order valence-electron chi connectivity index (χ2n) is 5.19. The van der Waals surface area contributed by atoms with Crippen LogP contribution in [0.4, 0.5) is 5.69 Å². The molecule has 19 heavy (non-hydrogen) atoms. The number of hydrogen-bond donors (Lipinski definition) is 1. The predicted molar refractivity (Wildman–Crippen MR) is 81.4 cm³/mol. The topological polar surface area (TPSA) is 30.9 Å². The van der Waals surface area contributed by atoms with Crippen LogP contribution in [0.25, 0.3) is 10.9 Å². The van der Waals surface area contributed by atoms with Crippen LogP contribution in [-0.4, -0.2) is 4.57 Å². The molecule has 0 aliphatic rings. The molecule has 3 aromatic rings. The summed E-state index contributed by atoms with van der Waals surface area (Å²) in [6.07, 6.45) is 2.13. The van der Waals surface area contributed by atoms with Gasteiger partial charge in [0.1, 0.15) is 0 Å². The minimum Gasteiger partial charge on any atom is -0.399 e. The number of rotatable bonds is 2. The van der Waals surface area contributed by atoms with Gasteiger partial charge in [-0.2, -0.15) is 0 Å². The monoisotopic (exact) mass is 250 g/mol. The molecule has 0 aliphatic heterocycles. The van der Waals surface area contributed by atoms with Crippen LogP contribution in [-0.2, 0) is 6.54 Å². The normalized spacial score (nSPS) is 11.1. The molecule has 0 radical (unpaired) electrons. The summed E-state index contributed by atoms with van der Waals surface area (Å²) >= 11 is 0. The van der Waals surface area contributed by atoms with Gasteiger partial charge in [-0.1, -0.05) is 23.8 Å². The number of benzene rings is 2. The average molecular weight is 250 g/mol. The highest BCUT2D eigenvalue weighted by atomic mass is 14.9. The van der Waals surface area contributed by atoms with E-state index in [2.05, 4.69) is 54.9 Å². The third-order valence-corrected chi connectivity index (χ3v) is 3.64. The van der Waals surface area contributed by atoms with E-state index in [4.69, 9.17) is 5.73 Å². The first-order chi connectivity index (χ1) is 9.13. The lowest BCUT2D eigenvalue weighted by Gasteiger charge is -2.10. The van der Waals surface area contributed by atoms with Crippen molar-refractivity contribution >= 4 is 16.6 Å². The van der Waals surface area contributed by atoms with E-state index in [1.54, 1.807) is 0 Å². The number of nitrogen functional groups attached to an aromatic ring is 1. The van der Waals surface area contributed by atoms with Gasteiger partial charge in [0.25, 0.3) is 0 Å². The van der Waals surface area contributed by atoms with Crippen molar-refractivity contribution in [1.82, 2.24) is 4.57 Å². The zero-order valence-corrected chi connectivity index (χ0v) is 11.4. The maximum Gasteiger partial charge on any atom is 0.0484 e. The minimum atomic E-state index is 0.817. The van der Waals surface area contributed by atoms with E-state index in [1.165, 1.54) is 27.6 Å². The summed E-state index contributed by atoms with van der Waals surface area (Å²) in [5.74, 6) is 0. The van der Waals surface area contributed by atoms with Crippen LogP contribution in [0, 0.1) is 13.8 Å². The van der Waals surface area contributed by atoms with Crippen LogP contribution in [0.5, 0.6) is 0 Å². The van der Waals surface area contributed by atoms with Crippen LogP contribution in [0.1, 0.15) is 16.7 Å². The Hall–Kier alpha value is -2.22. The maximum atomic E-state index is 5.82. The van der Waals surface area contributed by atoms with Gasteiger partial charge in [0.2, 0.25) is 0 Å². The first-order valence-electron chi connectivity index (χ1n) is 6.54. The Morgan fingerprint density at radius 1 is 1.00 bits per heavy atom. The van der Waals surface area contributed by atoms with Crippen LogP contribution < -0.4 is 5.73 Å². The Balaban J connectivity index is 2.03. The molecular formula is C17H18N2. The zero-order chi connectivity index (χ0) is 13.4. The average Bonchev–Trinajstić information content (AvgIpc) is 2.76. The largest absolute Gasteiger partial charge is 0.399 e. The van der Waals surface area contributed by atoms with Gasteiger partial charge in [0.15, 0.2) is 0 Å². The molecular weight excluding hydrogens is 232 g/mol. The van der Waals surface area contributed by atoms with Gasteiger partial charge in [-0.25, -0.2) is 0 Å². The molecule has 0 unspecified atom stereocenters. The van der Waals surface area contributed by atoms with E-state index in [-0.39, 0.29) is 0 Å². The van der Waals surface area contributed by atoms with Gasteiger partial charge < -0.3 is 10.3 Å². The van der Waals surface area contributed by atoms with Crippen molar-refractivity contribution in [2.75, 3.05) is 5.73 Å². The Bertz CT molecular complexity index is 738. The predicted octanol–water partition coefficient (Wildman–Crippen LogP) is 3.89. The van der Waals surface area contributed by atoms with Gasteiger partial charge in [0.05, 0.1) is 0 Å². The Labute approximate surface area is 113 Å². The molecule has 1 aromatic heterocycles. The molecule has 0 aliphatic carbocycles. The molecule has 3 rings (SSSR count). The zero-order valence-electron chi connectivity index (χ0n) is 11.4. The molecule has 1 heterocycles. The van der Waals surface area contributed by atoms with E-state index in [0.717, 1.165) is 12.2 Å². The van der Waals surface area contributed by atoms with Crippen LogP contribution in [0.3, 0.4) is 0 Å². The fourth-order valence-corrected chi connectivity index (χ4v) is 2.51. The number of fused-ring (bicyclic) bond motifs is 1. The molecule has 0 bridgehead atoms. The number of aromatic nitrogens is 1. The molecule has 96 valence electrons. The Morgan fingerprint density at radius 2 is 1.84 bits per heavy atom. The van der Waals surface area contributed by atoms with Crippen molar-refractivity contribution in [3.05, 3.63) is 65.4 Å². The fourth-order valence-electron chi connectivity index (χ4n) is 2.51. The van der Waals surface area contributed by atoms with E-state index in [1.807, 2.05) is 12.1 Å². The Kier molecular flexibility index (Phi) is 2.79. The molecule has 0 fully saturated rings. The summed E-state index contributed by atoms with van der Waals surface area (Å²) in [5.41, 5.74) is 11.9. The van der Waals surface area contributed by atoms with E-state index < -0.39 is 0 Å². The van der Waals surface area contributed by atoms with Gasteiger partial charge in [-0.15, -0.1) is 0 Å². The highest BCUT2D eigenvalue weighted by Crippen LogP contribution is 2.21. The van der Waals surface area contributed by atoms with Gasteiger partial charge in [-0.3, -0.25) is 0 Å². The summed E-state index contributed by atoms with van der Waals surface area (Å²) < 4.78 is 2.27. The summed E-state index contributed by atoms with van der Waals surface area (Å²) in [6.45, 7) is 5.21. The lowest BCUT2D eigenvalue weighted by Crippen LogP contribution is -2.00. The number of anilines is 1. The number of aryl methyl sites for hydroxylation is 2. The molecule has 0 saturated heterocycles. The standard InChI is InChI=1S/C17H18N2/c1-12-3-4-13(2)15(9-12)11-19-8-7-14-10-16(18)5-6-17(14)19/h3-10H,11,18H2,1-2H3. The summed E-state index contributed by atoms with van der Waals surface area (Å²) in [6, 6.07) is 14.8. The maximum absolute atomic E-state index is 5.82. The lowest BCUT2D eigenvalue weighted by atomic mass is 10.1. The number of nitrogens with zero attached hydrogens (tertiary/aromatic N) is 1. The summed E-state index contributed by atoms with van der Waals surface area (Å²) in [4.78, 5) is 0. The third-order valence-electron chi connectivity index (χ3n) is 3.64. The second kappa shape index (κ2) is 4.47. The van der Waals surface area contributed by atoms with Crippen LogP contribution in [0.15, 0.2) is 48.7 Å². The third kappa shape index (κ3) is 2.22. The summed E-state index contributed by atoms with van der Waals surface area (Å²) in [7, 11) is 0. The minimum absolute atomic E-state index is 0.817. The second-order valence-corrected chi connectivity index (χ2v) is 5.19. The molecule has 0 spiro atoms. The van der Waals surface area contributed by atoms with Crippen LogP contribution in [0.2, 0.25) is 0 Å². The first kappa shape index (κ1) is 11.8. The quantitative estimate of drug-likeness (QED) is 0.687. The van der Waals surface area contributed by atoms with Crippen molar-refractivity contribution in [3.63, 3.8) is 0 Å². The van der Waals surface area contributed by atoms with Gasteiger partial charge >= 0.3 is 0 Å². The smallest absolute Gasteiger partial charge is 0.0484 e.